The van der Waals surface area contributed by atoms with E-state index in [4.69, 9.17) is 21.8 Å². The van der Waals surface area contributed by atoms with Gasteiger partial charge < -0.3 is 10.2 Å². The number of carboxylic acids is 1. The highest BCUT2D eigenvalue weighted by molar-refractivity contribution is 7.91. The maximum absolute atomic E-state index is 11.7. The van der Waals surface area contributed by atoms with Gasteiger partial charge in [-0.3, -0.25) is 4.79 Å². The van der Waals surface area contributed by atoms with Crippen LogP contribution in [0.15, 0.2) is 10.3 Å². The van der Waals surface area contributed by atoms with E-state index in [0.29, 0.717) is 9.90 Å². The molecule has 1 heterocycles. The Morgan fingerprint density at radius 3 is 2.59 bits per heavy atom. The zero-order valence-electron chi connectivity index (χ0n) is 8.68. The molecule has 0 aliphatic rings. The number of aryl methyl sites for hydroxylation is 1. The fourth-order valence-electron chi connectivity index (χ4n) is 0.975. The van der Waals surface area contributed by atoms with Gasteiger partial charge in [0.15, 0.2) is 0 Å². The van der Waals surface area contributed by atoms with Crippen LogP contribution in [0.4, 0.5) is 0 Å². The first-order valence-electron chi connectivity index (χ1n) is 4.40. The quantitative estimate of drug-likeness (QED) is 0.731. The zero-order valence-corrected chi connectivity index (χ0v) is 11.1. The van der Waals surface area contributed by atoms with Crippen molar-refractivity contribution in [3.05, 3.63) is 16.0 Å². The van der Waals surface area contributed by atoms with E-state index in [1.807, 2.05) is 4.72 Å². The smallest absolute Gasteiger partial charge is 0.324 e. The number of nitrogens with one attached hydrogen (secondary N) is 1. The molecule has 0 aliphatic carbocycles. The molecule has 0 fully saturated rings. The molecule has 1 aromatic heterocycles. The highest BCUT2D eigenvalue weighted by Crippen LogP contribution is 2.29. The van der Waals surface area contributed by atoms with E-state index in [2.05, 4.69) is 0 Å². The molecule has 0 spiro atoms. The molecule has 0 saturated heterocycles. The lowest BCUT2D eigenvalue weighted by atomic mass is 10.3. The van der Waals surface area contributed by atoms with Crippen molar-refractivity contribution >= 4 is 38.9 Å². The van der Waals surface area contributed by atoms with E-state index in [0.717, 1.165) is 11.3 Å². The van der Waals surface area contributed by atoms with Crippen LogP contribution in [0.25, 0.3) is 0 Å². The Morgan fingerprint density at radius 1 is 1.65 bits per heavy atom. The van der Waals surface area contributed by atoms with Crippen LogP contribution in [0.1, 0.15) is 5.56 Å². The number of carbonyl (C=O) groups is 1. The number of aliphatic hydroxyl groups excluding tert-OH is 1. The second-order valence-electron chi connectivity index (χ2n) is 3.22. The second kappa shape index (κ2) is 5.32. The Bertz CT molecular complexity index is 505. The molecule has 0 radical (unpaired) electrons. The van der Waals surface area contributed by atoms with Gasteiger partial charge in [-0.2, -0.15) is 4.72 Å². The van der Waals surface area contributed by atoms with Crippen LogP contribution in [-0.4, -0.2) is 37.2 Å². The third-order valence-electron chi connectivity index (χ3n) is 1.88. The number of halogens is 1. The number of aliphatic carboxylic acids is 1. The predicted molar refractivity (Wildman–Crippen MR) is 62.9 cm³/mol. The van der Waals surface area contributed by atoms with E-state index in [1.54, 1.807) is 6.92 Å². The van der Waals surface area contributed by atoms with Crippen LogP contribution in [0, 0.1) is 6.92 Å². The van der Waals surface area contributed by atoms with E-state index in [9.17, 15) is 13.2 Å². The van der Waals surface area contributed by atoms with E-state index in [1.165, 1.54) is 6.07 Å². The van der Waals surface area contributed by atoms with Crippen molar-refractivity contribution in [2.75, 3.05) is 6.61 Å². The molecule has 9 heteroatoms. The molecule has 1 aromatic rings. The fourth-order valence-corrected chi connectivity index (χ4v) is 3.88. The van der Waals surface area contributed by atoms with Gasteiger partial charge in [0.05, 0.1) is 10.9 Å². The standard InChI is InChI=1S/C8H10ClNO5S2/c1-4-2-6(16-7(4)9)17(14,15)10-5(3-11)8(12)13/h2,5,10-11H,3H2,1H3,(H,12,13)/t5-/m1/s1. The monoisotopic (exact) mass is 299 g/mol. The summed E-state index contributed by atoms with van der Waals surface area (Å²) < 4.78 is 25.6. The van der Waals surface area contributed by atoms with E-state index in [-0.39, 0.29) is 4.21 Å². The summed E-state index contributed by atoms with van der Waals surface area (Å²) in [5.41, 5.74) is 0.591. The number of sulfonamides is 1. The van der Waals surface area contributed by atoms with Crippen molar-refractivity contribution in [1.29, 1.82) is 0 Å². The first kappa shape index (κ1) is 14.4. The molecule has 1 rings (SSSR count). The fraction of sp³-hybridized carbons (Fsp3) is 0.375. The first-order chi connectivity index (χ1) is 7.77. The van der Waals surface area contributed by atoms with Gasteiger partial charge in [0.2, 0.25) is 0 Å². The summed E-state index contributed by atoms with van der Waals surface area (Å²) >= 11 is 6.55. The van der Waals surface area contributed by atoms with E-state index < -0.39 is 28.6 Å². The lowest BCUT2D eigenvalue weighted by molar-refractivity contribution is -0.139. The van der Waals surface area contributed by atoms with Crippen molar-refractivity contribution in [2.24, 2.45) is 0 Å². The third-order valence-corrected chi connectivity index (χ3v) is 5.38. The van der Waals surface area contributed by atoms with Gasteiger partial charge in [0.25, 0.3) is 10.0 Å². The molecule has 17 heavy (non-hydrogen) atoms. The van der Waals surface area contributed by atoms with Gasteiger partial charge in [-0.1, -0.05) is 11.6 Å². The molecule has 1 atom stereocenters. The van der Waals surface area contributed by atoms with Gasteiger partial charge in [-0.25, -0.2) is 8.42 Å². The molecule has 96 valence electrons. The Morgan fingerprint density at radius 2 is 2.24 bits per heavy atom. The molecular formula is C8H10ClNO5S2. The van der Waals surface area contributed by atoms with Gasteiger partial charge >= 0.3 is 5.97 Å². The van der Waals surface area contributed by atoms with Gasteiger partial charge in [0, 0.05) is 0 Å². The van der Waals surface area contributed by atoms with Gasteiger partial charge in [-0.15, -0.1) is 11.3 Å². The molecule has 0 saturated carbocycles. The van der Waals surface area contributed by atoms with Crippen LogP contribution < -0.4 is 4.72 Å². The van der Waals surface area contributed by atoms with Crippen LogP contribution in [0.2, 0.25) is 4.34 Å². The molecule has 0 amide bonds. The molecule has 0 bridgehead atoms. The average molecular weight is 300 g/mol. The number of aliphatic hydroxyl groups is 1. The summed E-state index contributed by atoms with van der Waals surface area (Å²) in [6.45, 7) is 0.811. The van der Waals surface area contributed by atoms with Crippen LogP contribution >= 0.6 is 22.9 Å². The lowest BCUT2D eigenvalue weighted by Crippen LogP contribution is -2.42. The molecular weight excluding hydrogens is 290 g/mol. The number of thiophene rings is 1. The Balaban J connectivity index is 3.00. The van der Waals surface area contributed by atoms with Gasteiger partial charge in [-0.05, 0) is 18.6 Å². The minimum Gasteiger partial charge on any atom is -0.480 e. The molecule has 6 nitrogen and oxygen atoms in total. The second-order valence-corrected chi connectivity index (χ2v) is 6.81. The normalized spacial score (nSPS) is 13.6. The summed E-state index contributed by atoms with van der Waals surface area (Å²) in [5, 5.41) is 17.4. The maximum Gasteiger partial charge on any atom is 0.324 e. The first-order valence-corrected chi connectivity index (χ1v) is 7.07. The number of carboxylic acid groups (broad SMARTS) is 1. The summed E-state index contributed by atoms with van der Waals surface area (Å²) in [6.07, 6.45) is 0. The minimum atomic E-state index is -3.98. The van der Waals surface area contributed by atoms with Crippen LogP contribution in [-0.2, 0) is 14.8 Å². The molecule has 0 aromatic carbocycles. The lowest BCUT2D eigenvalue weighted by Gasteiger charge is -2.10. The Kier molecular flexibility index (Phi) is 4.50. The highest BCUT2D eigenvalue weighted by atomic mass is 35.5. The predicted octanol–water partition coefficient (Wildman–Crippen LogP) is 0.434. The van der Waals surface area contributed by atoms with E-state index >= 15 is 0 Å². The largest absolute Gasteiger partial charge is 0.480 e. The Hall–Kier alpha value is -0.670. The topological polar surface area (TPSA) is 104 Å². The average Bonchev–Trinajstić information content (AvgIpc) is 2.56. The van der Waals surface area contributed by atoms with Crippen LogP contribution in [0.5, 0.6) is 0 Å². The highest BCUT2D eigenvalue weighted by Gasteiger charge is 2.26. The van der Waals surface area contributed by atoms with Crippen molar-refractivity contribution < 1.29 is 23.4 Å². The minimum absolute atomic E-state index is 0.0836. The zero-order chi connectivity index (χ0) is 13.2. The maximum atomic E-state index is 11.7. The SMILES string of the molecule is Cc1cc(S(=O)(=O)N[C@H](CO)C(=O)O)sc1Cl. The number of hydrogen-bond donors (Lipinski definition) is 3. The molecule has 0 aliphatic heterocycles. The Labute approximate surface area is 107 Å². The van der Waals surface area contributed by atoms with Crippen molar-refractivity contribution in [1.82, 2.24) is 4.72 Å². The number of hydrogen-bond acceptors (Lipinski definition) is 5. The summed E-state index contributed by atoms with van der Waals surface area (Å²) in [5.74, 6) is -1.45. The third kappa shape index (κ3) is 3.39. The van der Waals surface area contributed by atoms with Crippen molar-refractivity contribution in [3.8, 4) is 0 Å². The summed E-state index contributed by atoms with van der Waals surface area (Å²) in [4.78, 5) is 10.6. The summed E-state index contributed by atoms with van der Waals surface area (Å²) in [6, 6.07) is -0.229. The van der Waals surface area contributed by atoms with Crippen molar-refractivity contribution in [2.45, 2.75) is 17.2 Å². The molecule has 0 unspecified atom stereocenters. The summed E-state index contributed by atoms with van der Waals surface area (Å²) in [7, 11) is -3.98. The van der Waals surface area contributed by atoms with Crippen molar-refractivity contribution in [3.63, 3.8) is 0 Å². The van der Waals surface area contributed by atoms with Gasteiger partial charge in [0.1, 0.15) is 10.3 Å². The molecule has 3 N–H and O–H groups in total. The van der Waals surface area contributed by atoms with Crippen LogP contribution in [0.3, 0.4) is 0 Å². The number of rotatable bonds is 5.